The van der Waals surface area contributed by atoms with Gasteiger partial charge >= 0.3 is 5.97 Å². The molecule has 0 aliphatic carbocycles. The maximum absolute atomic E-state index is 12.8. The van der Waals surface area contributed by atoms with Gasteiger partial charge in [0.1, 0.15) is 11.5 Å². The first-order valence-corrected chi connectivity index (χ1v) is 11.9. The number of phenolic OH excluding ortho intramolecular Hbond substituents is 1. The summed E-state index contributed by atoms with van der Waals surface area (Å²) in [4.78, 5) is 12.8. The van der Waals surface area contributed by atoms with Crippen LogP contribution in [0.2, 0.25) is 0 Å². The lowest BCUT2D eigenvalue weighted by Gasteiger charge is -2.24. The van der Waals surface area contributed by atoms with Crippen LogP contribution >= 0.6 is 0 Å². The van der Waals surface area contributed by atoms with Crippen molar-refractivity contribution in [3.05, 3.63) is 57.6 Å². The molecule has 2 aromatic carbocycles. The number of hydrogen-bond acceptors (Lipinski definition) is 3. The Morgan fingerprint density at radius 1 is 0.875 bits per heavy atom. The Hall–Kier alpha value is -2.29. The smallest absolute Gasteiger partial charge is 0.311 e. The van der Waals surface area contributed by atoms with E-state index in [-0.39, 0.29) is 16.8 Å². The van der Waals surface area contributed by atoms with Crippen LogP contribution in [-0.4, -0.2) is 11.1 Å². The Morgan fingerprint density at radius 3 is 2.06 bits per heavy atom. The number of aryl methyl sites for hydroxylation is 4. The number of ether oxygens (including phenoxy) is 1. The molecule has 0 spiro atoms. The molecule has 0 aliphatic rings. The molecule has 3 heteroatoms. The van der Waals surface area contributed by atoms with E-state index in [0.29, 0.717) is 24.3 Å². The second-order valence-corrected chi connectivity index (χ2v) is 11.2. The quantitative estimate of drug-likeness (QED) is 0.360. The van der Waals surface area contributed by atoms with Crippen molar-refractivity contribution in [1.29, 1.82) is 0 Å². The summed E-state index contributed by atoms with van der Waals surface area (Å²) in [7, 11) is 0. The predicted octanol–water partition coefficient (Wildman–Crippen LogP) is 7.48. The molecule has 0 unspecified atom stereocenters. The fourth-order valence-corrected chi connectivity index (χ4v) is 4.02. The summed E-state index contributed by atoms with van der Waals surface area (Å²) in [6, 6.07) is 8.24. The molecule has 0 heterocycles. The van der Waals surface area contributed by atoms with E-state index in [4.69, 9.17) is 4.74 Å². The average molecular weight is 439 g/mol. The molecule has 0 amide bonds. The van der Waals surface area contributed by atoms with E-state index in [9.17, 15) is 9.90 Å². The predicted molar refractivity (Wildman–Crippen MR) is 134 cm³/mol. The van der Waals surface area contributed by atoms with Gasteiger partial charge < -0.3 is 9.84 Å². The number of hydrogen-bond donors (Lipinski definition) is 1. The number of aromatic hydroxyl groups is 1. The Labute approximate surface area is 195 Å². The summed E-state index contributed by atoms with van der Waals surface area (Å²) in [5.74, 6) is 0.800. The van der Waals surface area contributed by atoms with Crippen molar-refractivity contribution in [2.45, 2.75) is 105 Å². The van der Waals surface area contributed by atoms with Gasteiger partial charge in [0.05, 0.1) is 0 Å². The molecule has 0 radical (unpaired) electrons. The van der Waals surface area contributed by atoms with Crippen LogP contribution in [0.25, 0.3) is 0 Å². The monoisotopic (exact) mass is 438 g/mol. The van der Waals surface area contributed by atoms with Crippen LogP contribution in [-0.2, 0) is 28.5 Å². The highest BCUT2D eigenvalue weighted by molar-refractivity contribution is 5.73. The maximum atomic E-state index is 12.8. The van der Waals surface area contributed by atoms with Crippen molar-refractivity contribution in [3.8, 4) is 11.5 Å². The fraction of sp³-hybridized carbons (Fsp3) is 0.552. The summed E-state index contributed by atoms with van der Waals surface area (Å²) >= 11 is 0. The molecule has 0 aliphatic heterocycles. The first-order chi connectivity index (χ1) is 14.7. The molecule has 1 N–H and O–H groups in total. The summed E-state index contributed by atoms with van der Waals surface area (Å²) in [5.41, 5.74) is 6.12. The van der Waals surface area contributed by atoms with Gasteiger partial charge in [0, 0.05) is 12.0 Å². The lowest BCUT2D eigenvalue weighted by atomic mass is 9.83. The normalized spacial score (nSPS) is 12.2. The molecule has 176 valence electrons. The van der Waals surface area contributed by atoms with Gasteiger partial charge in [-0.1, -0.05) is 73.1 Å². The van der Waals surface area contributed by atoms with Crippen LogP contribution in [0.3, 0.4) is 0 Å². The molecule has 0 fully saturated rings. The molecule has 2 rings (SSSR count). The van der Waals surface area contributed by atoms with E-state index < -0.39 is 0 Å². The SMILES string of the molecule is CCCCc1cc(C(C)(C)C)c(OC(=O)CCc2cc(C)c(O)c(C(C)(C)C)c2)cc1C. The van der Waals surface area contributed by atoms with Crippen LogP contribution in [0.15, 0.2) is 24.3 Å². The number of benzene rings is 2. The second-order valence-electron chi connectivity index (χ2n) is 11.2. The highest BCUT2D eigenvalue weighted by Gasteiger charge is 2.23. The Balaban J connectivity index is 2.21. The van der Waals surface area contributed by atoms with Crippen molar-refractivity contribution >= 4 is 5.97 Å². The highest BCUT2D eigenvalue weighted by Crippen LogP contribution is 2.36. The maximum Gasteiger partial charge on any atom is 0.311 e. The molecular weight excluding hydrogens is 396 g/mol. The largest absolute Gasteiger partial charge is 0.507 e. The molecule has 0 saturated heterocycles. The van der Waals surface area contributed by atoms with Gasteiger partial charge in [-0.15, -0.1) is 0 Å². The molecule has 32 heavy (non-hydrogen) atoms. The number of carbonyl (C=O) groups excluding carboxylic acids is 1. The zero-order chi connectivity index (χ0) is 24.3. The van der Waals surface area contributed by atoms with E-state index in [2.05, 4.69) is 61.5 Å². The van der Waals surface area contributed by atoms with Gasteiger partial charge in [-0.2, -0.15) is 0 Å². The molecule has 2 aromatic rings. The van der Waals surface area contributed by atoms with E-state index in [1.807, 2.05) is 25.1 Å². The zero-order valence-electron chi connectivity index (χ0n) is 21.6. The van der Waals surface area contributed by atoms with Crippen LogP contribution < -0.4 is 4.74 Å². The molecule has 0 saturated carbocycles. The highest BCUT2D eigenvalue weighted by atomic mass is 16.5. The number of unbranched alkanes of at least 4 members (excludes halogenated alkanes) is 1. The number of rotatable bonds is 7. The van der Waals surface area contributed by atoms with Gasteiger partial charge in [0.25, 0.3) is 0 Å². The van der Waals surface area contributed by atoms with Crippen LogP contribution in [0.1, 0.15) is 101 Å². The van der Waals surface area contributed by atoms with E-state index >= 15 is 0 Å². The number of carbonyl (C=O) groups is 1. The fourth-order valence-electron chi connectivity index (χ4n) is 4.02. The average Bonchev–Trinajstić information content (AvgIpc) is 2.66. The van der Waals surface area contributed by atoms with Gasteiger partial charge in [-0.05, 0) is 77.8 Å². The van der Waals surface area contributed by atoms with Crippen LogP contribution in [0, 0.1) is 13.8 Å². The Kier molecular flexibility index (Phi) is 8.20. The molecule has 0 aromatic heterocycles. The third kappa shape index (κ3) is 6.60. The lowest BCUT2D eigenvalue weighted by Crippen LogP contribution is -2.18. The van der Waals surface area contributed by atoms with Gasteiger partial charge in [-0.3, -0.25) is 4.79 Å². The minimum Gasteiger partial charge on any atom is -0.507 e. The van der Waals surface area contributed by atoms with E-state index in [1.54, 1.807) is 0 Å². The van der Waals surface area contributed by atoms with Crippen molar-refractivity contribution in [2.75, 3.05) is 0 Å². The summed E-state index contributed by atoms with van der Waals surface area (Å²) in [6.07, 6.45) is 4.26. The topological polar surface area (TPSA) is 46.5 Å². The van der Waals surface area contributed by atoms with Crippen molar-refractivity contribution < 1.29 is 14.6 Å². The summed E-state index contributed by atoms with van der Waals surface area (Å²) in [6.45, 7) is 18.9. The lowest BCUT2D eigenvalue weighted by molar-refractivity contribution is -0.134. The zero-order valence-corrected chi connectivity index (χ0v) is 21.6. The van der Waals surface area contributed by atoms with Crippen molar-refractivity contribution in [3.63, 3.8) is 0 Å². The summed E-state index contributed by atoms with van der Waals surface area (Å²) < 4.78 is 5.90. The third-order valence-electron chi connectivity index (χ3n) is 6.06. The summed E-state index contributed by atoms with van der Waals surface area (Å²) in [5, 5.41) is 10.4. The minimum atomic E-state index is -0.223. The molecule has 0 atom stereocenters. The van der Waals surface area contributed by atoms with Gasteiger partial charge in [-0.25, -0.2) is 0 Å². The van der Waals surface area contributed by atoms with Gasteiger partial charge in [0.15, 0.2) is 0 Å². The molecular formula is C29H42O3. The van der Waals surface area contributed by atoms with E-state index in [1.165, 1.54) is 11.1 Å². The Morgan fingerprint density at radius 2 is 1.50 bits per heavy atom. The van der Waals surface area contributed by atoms with Crippen molar-refractivity contribution in [1.82, 2.24) is 0 Å². The molecule has 0 bridgehead atoms. The standard InChI is InChI=1S/C29H42O3/c1-10-11-12-22-18-23(28(4,5)6)25(16-19(22)2)32-26(30)14-13-21-15-20(3)27(31)24(17-21)29(7,8)9/h15-18,31H,10-14H2,1-9H3. The van der Waals surface area contributed by atoms with Crippen molar-refractivity contribution in [2.24, 2.45) is 0 Å². The van der Waals surface area contributed by atoms with Crippen LogP contribution in [0.4, 0.5) is 0 Å². The minimum absolute atomic E-state index is 0.111. The Bertz CT molecular complexity index is 956. The van der Waals surface area contributed by atoms with Gasteiger partial charge in [0.2, 0.25) is 0 Å². The van der Waals surface area contributed by atoms with E-state index in [0.717, 1.165) is 41.5 Å². The van der Waals surface area contributed by atoms with Crippen LogP contribution in [0.5, 0.6) is 11.5 Å². The molecule has 3 nitrogen and oxygen atoms in total. The number of phenols is 1. The first-order valence-electron chi connectivity index (χ1n) is 11.9. The number of esters is 1. The third-order valence-corrected chi connectivity index (χ3v) is 6.06. The second kappa shape index (κ2) is 10.1. The first kappa shape index (κ1) is 26.0.